The molecule has 0 spiro atoms. The van der Waals surface area contributed by atoms with Crippen LogP contribution in [0.4, 0.5) is 5.82 Å². The molecule has 1 heterocycles. The molecule has 0 saturated carbocycles. The Labute approximate surface area is 93.3 Å². The number of nitrogens with zero attached hydrogens (tertiary/aromatic N) is 1. The van der Waals surface area contributed by atoms with Gasteiger partial charge in [0.2, 0.25) is 0 Å². The Morgan fingerprint density at radius 2 is 1.94 bits per heavy atom. The predicted octanol–water partition coefficient (Wildman–Crippen LogP) is 1.95. The SMILES string of the molecule is Nc1cccc(COc2ccccc2O)n1. The van der Waals surface area contributed by atoms with Crippen LogP contribution in [0, 0.1) is 0 Å². The van der Waals surface area contributed by atoms with Gasteiger partial charge in [0.1, 0.15) is 12.4 Å². The average molecular weight is 216 g/mol. The molecular formula is C12H12N2O2. The van der Waals surface area contributed by atoms with Gasteiger partial charge >= 0.3 is 0 Å². The van der Waals surface area contributed by atoms with Gasteiger partial charge in [0.05, 0.1) is 5.69 Å². The van der Waals surface area contributed by atoms with Gasteiger partial charge < -0.3 is 15.6 Å². The van der Waals surface area contributed by atoms with Crippen molar-refractivity contribution in [3.8, 4) is 11.5 Å². The van der Waals surface area contributed by atoms with E-state index in [-0.39, 0.29) is 12.4 Å². The molecule has 16 heavy (non-hydrogen) atoms. The molecule has 4 heteroatoms. The Morgan fingerprint density at radius 3 is 2.69 bits per heavy atom. The van der Waals surface area contributed by atoms with Gasteiger partial charge in [0, 0.05) is 0 Å². The fraction of sp³-hybridized carbons (Fsp3) is 0.0833. The third kappa shape index (κ3) is 2.42. The number of nitrogen functional groups attached to an aromatic ring is 1. The Balaban J connectivity index is 2.05. The molecule has 0 amide bonds. The number of para-hydroxylation sites is 2. The maximum Gasteiger partial charge on any atom is 0.161 e. The summed E-state index contributed by atoms with van der Waals surface area (Å²) in [6.45, 7) is 0.280. The summed E-state index contributed by atoms with van der Waals surface area (Å²) in [5.74, 6) is 1.01. The molecule has 0 radical (unpaired) electrons. The molecule has 82 valence electrons. The van der Waals surface area contributed by atoms with Crippen molar-refractivity contribution in [3.05, 3.63) is 48.2 Å². The molecule has 0 fully saturated rings. The zero-order chi connectivity index (χ0) is 11.4. The highest BCUT2D eigenvalue weighted by Crippen LogP contribution is 2.24. The topological polar surface area (TPSA) is 68.4 Å². The molecule has 0 saturated heterocycles. The summed E-state index contributed by atoms with van der Waals surface area (Å²) in [4.78, 5) is 4.09. The maximum absolute atomic E-state index is 9.47. The van der Waals surface area contributed by atoms with Crippen LogP contribution < -0.4 is 10.5 Å². The molecule has 2 rings (SSSR count). The minimum absolute atomic E-state index is 0.117. The highest BCUT2D eigenvalue weighted by atomic mass is 16.5. The van der Waals surface area contributed by atoms with Crippen molar-refractivity contribution < 1.29 is 9.84 Å². The Morgan fingerprint density at radius 1 is 1.12 bits per heavy atom. The van der Waals surface area contributed by atoms with Crippen LogP contribution in [0.3, 0.4) is 0 Å². The highest BCUT2D eigenvalue weighted by molar-refractivity contribution is 5.38. The largest absolute Gasteiger partial charge is 0.504 e. The first-order valence-corrected chi connectivity index (χ1v) is 4.88. The second-order valence-corrected chi connectivity index (χ2v) is 3.31. The summed E-state index contributed by atoms with van der Waals surface area (Å²) in [5.41, 5.74) is 6.27. The van der Waals surface area contributed by atoms with Gasteiger partial charge in [-0.2, -0.15) is 0 Å². The van der Waals surface area contributed by atoms with E-state index in [1.165, 1.54) is 0 Å². The van der Waals surface area contributed by atoms with Crippen LogP contribution in [0.25, 0.3) is 0 Å². The zero-order valence-corrected chi connectivity index (χ0v) is 8.63. The van der Waals surface area contributed by atoms with E-state index in [0.29, 0.717) is 11.6 Å². The molecule has 0 aliphatic carbocycles. The van der Waals surface area contributed by atoms with Crippen LogP contribution in [0.15, 0.2) is 42.5 Å². The van der Waals surface area contributed by atoms with Crippen LogP contribution in [-0.4, -0.2) is 10.1 Å². The van der Waals surface area contributed by atoms with E-state index >= 15 is 0 Å². The van der Waals surface area contributed by atoms with E-state index in [0.717, 1.165) is 5.69 Å². The maximum atomic E-state index is 9.47. The Bertz CT molecular complexity index is 486. The summed E-state index contributed by atoms with van der Waals surface area (Å²) >= 11 is 0. The van der Waals surface area contributed by atoms with Gasteiger partial charge in [-0.05, 0) is 24.3 Å². The molecule has 1 aromatic carbocycles. The Kier molecular flexibility index (Phi) is 2.91. The van der Waals surface area contributed by atoms with Crippen molar-refractivity contribution in [1.29, 1.82) is 0 Å². The van der Waals surface area contributed by atoms with Crippen molar-refractivity contribution >= 4 is 5.82 Å². The molecular weight excluding hydrogens is 204 g/mol. The Hall–Kier alpha value is -2.23. The van der Waals surface area contributed by atoms with Gasteiger partial charge in [0.25, 0.3) is 0 Å². The number of benzene rings is 1. The lowest BCUT2D eigenvalue weighted by molar-refractivity contribution is 0.285. The number of aromatic nitrogens is 1. The molecule has 0 unspecified atom stereocenters. The number of anilines is 1. The second-order valence-electron chi connectivity index (χ2n) is 3.31. The number of hydrogen-bond acceptors (Lipinski definition) is 4. The number of pyridine rings is 1. The van der Waals surface area contributed by atoms with Crippen molar-refractivity contribution in [3.63, 3.8) is 0 Å². The molecule has 2 aromatic rings. The van der Waals surface area contributed by atoms with Gasteiger partial charge in [0.15, 0.2) is 11.5 Å². The number of ether oxygens (including phenoxy) is 1. The van der Waals surface area contributed by atoms with Gasteiger partial charge in [-0.1, -0.05) is 18.2 Å². The third-order valence-corrected chi connectivity index (χ3v) is 2.07. The first-order chi connectivity index (χ1) is 7.75. The summed E-state index contributed by atoms with van der Waals surface area (Å²) < 4.78 is 5.41. The number of nitrogens with two attached hydrogens (primary N) is 1. The molecule has 3 N–H and O–H groups in total. The quantitative estimate of drug-likeness (QED) is 0.822. The van der Waals surface area contributed by atoms with E-state index in [1.807, 2.05) is 12.1 Å². The lowest BCUT2D eigenvalue weighted by Crippen LogP contribution is -2.00. The lowest BCUT2D eigenvalue weighted by Gasteiger charge is -2.07. The number of aromatic hydroxyl groups is 1. The van der Waals surface area contributed by atoms with Gasteiger partial charge in [-0.25, -0.2) is 4.98 Å². The lowest BCUT2D eigenvalue weighted by atomic mass is 10.3. The average Bonchev–Trinajstić information content (AvgIpc) is 2.28. The second kappa shape index (κ2) is 4.53. The normalized spacial score (nSPS) is 10.0. The van der Waals surface area contributed by atoms with Crippen LogP contribution in [0.5, 0.6) is 11.5 Å². The standard InChI is InChI=1S/C12H12N2O2/c13-12-7-3-4-9(14-12)8-16-11-6-2-1-5-10(11)15/h1-7,15H,8H2,(H2,13,14). The summed E-state index contributed by atoms with van der Waals surface area (Å²) in [6.07, 6.45) is 0. The first-order valence-electron chi connectivity index (χ1n) is 4.88. The van der Waals surface area contributed by atoms with Crippen LogP contribution in [-0.2, 0) is 6.61 Å². The van der Waals surface area contributed by atoms with E-state index in [1.54, 1.807) is 30.3 Å². The molecule has 4 nitrogen and oxygen atoms in total. The molecule has 1 aromatic heterocycles. The smallest absolute Gasteiger partial charge is 0.161 e. The summed E-state index contributed by atoms with van der Waals surface area (Å²) in [7, 11) is 0. The monoisotopic (exact) mass is 216 g/mol. The number of rotatable bonds is 3. The van der Waals surface area contributed by atoms with Crippen LogP contribution >= 0.6 is 0 Å². The predicted molar refractivity (Wildman–Crippen MR) is 61.1 cm³/mol. The van der Waals surface area contributed by atoms with Crippen molar-refractivity contribution in [2.75, 3.05) is 5.73 Å². The first kappa shape index (κ1) is 10.3. The van der Waals surface area contributed by atoms with Crippen molar-refractivity contribution in [2.45, 2.75) is 6.61 Å². The number of phenols is 1. The van der Waals surface area contributed by atoms with E-state index < -0.39 is 0 Å². The molecule has 0 aliphatic rings. The highest BCUT2D eigenvalue weighted by Gasteiger charge is 2.01. The summed E-state index contributed by atoms with van der Waals surface area (Å²) in [6, 6.07) is 12.1. The van der Waals surface area contributed by atoms with E-state index in [9.17, 15) is 5.11 Å². The van der Waals surface area contributed by atoms with Gasteiger partial charge in [-0.15, -0.1) is 0 Å². The number of phenolic OH excluding ortho intramolecular Hbond substituents is 1. The van der Waals surface area contributed by atoms with Gasteiger partial charge in [-0.3, -0.25) is 0 Å². The van der Waals surface area contributed by atoms with Crippen molar-refractivity contribution in [2.24, 2.45) is 0 Å². The molecule has 0 aliphatic heterocycles. The van der Waals surface area contributed by atoms with E-state index in [4.69, 9.17) is 10.5 Å². The van der Waals surface area contributed by atoms with E-state index in [2.05, 4.69) is 4.98 Å². The molecule has 0 atom stereocenters. The zero-order valence-electron chi connectivity index (χ0n) is 8.63. The minimum atomic E-state index is 0.117. The fourth-order valence-corrected chi connectivity index (χ4v) is 1.31. The van der Waals surface area contributed by atoms with Crippen LogP contribution in [0.2, 0.25) is 0 Å². The number of hydrogen-bond donors (Lipinski definition) is 2. The minimum Gasteiger partial charge on any atom is -0.504 e. The molecule has 0 bridgehead atoms. The van der Waals surface area contributed by atoms with Crippen molar-refractivity contribution in [1.82, 2.24) is 4.98 Å². The van der Waals surface area contributed by atoms with Crippen LogP contribution in [0.1, 0.15) is 5.69 Å². The summed E-state index contributed by atoms with van der Waals surface area (Å²) in [5, 5.41) is 9.47. The fourth-order valence-electron chi connectivity index (χ4n) is 1.31. The third-order valence-electron chi connectivity index (χ3n) is 2.07.